The van der Waals surface area contributed by atoms with Gasteiger partial charge in [0.1, 0.15) is 6.04 Å². The average molecular weight is 382 g/mol. The minimum absolute atomic E-state index is 0.257. The van der Waals surface area contributed by atoms with Crippen LogP contribution in [0.15, 0.2) is 48.7 Å². The summed E-state index contributed by atoms with van der Waals surface area (Å²) in [5, 5.41) is 3.92. The van der Waals surface area contributed by atoms with Crippen molar-refractivity contribution in [3.63, 3.8) is 0 Å². The number of hydrogen-bond acceptors (Lipinski definition) is 6. The summed E-state index contributed by atoms with van der Waals surface area (Å²) in [6.07, 6.45) is 6.28. The molecular formula is C20H22N4O4. The van der Waals surface area contributed by atoms with Gasteiger partial charge in [-0.05, 0) is 25.0 Å². The molecular weight excluding hydrogens is 360 g/mol. The second-order valence-electron chi connectivity index (χ2n) is 6.16. The number of aromatic nitrogens is 2. The molecule has 8 heteroatoms. The highest BCUT2D eigenvalue weighted by Gasteiger charge is 2.25. The predicted octanol–water partition coefficient (Wildman–Crippen LogP) is 1.99. The Kier molecular flexibility index (Phi) is 6.33. The van der Waals surface area contributed by atoms with Gasteiger partial charge >= 0.3 is 6.01 Å². The summed E-state index contributed by atoms with van der Waals surface area (Å²) in [5.41, 5.74) is 1.61. The van der Waals surface area contributed by atoms with E-state index in [9.17, 15) is 9.59 Å². The van der Waals surface area contributed by atoms with Gasteiger partial charge in [-0.15, -0.1) is 0 Å². The molecule has 2 amide bonds. The van der Waals surface area contributed by atoms with Crippen molar-refractivity contribution >= 4 is 11.8 Å². The van der Waals surface area contributed by atoms with E-state index in [4.69, 9.17) is 9.57 Å². The van der Waals surface area contributed by atoms with E-state index in [1.807, 2.05) is 18.2 Å². The molecule has 1 aliphatic heterocycles. The lowest BCUT2D eigenvalue weighted by molar-refractivity contribution is -0.170. The van der Waals surface area contributed by atoms with Crippen LogP contribution in [-0.2, 0) is 9.63 Å². The number of fused-ring (bicyclic) bond motifs is 4. The van der Waals surface area contributed by atoms with Crippen LogP contribution in [0.25, 0.3) is 11.3 Å². The van der Waals surface area contributed by atoms with E-state index in [0.29, 0.717) is 36.3 Å². The molecule has 0 saturated heterocycles. The summed E-state index contributed by atoms with van der Waals surface area (Å²) < 4.78 is 5.59. The number of nitrogens with zero attached hydrogens (tertiary/aromatic N) is 3. The fraction of sp³-hybridized carbons (Fsp3) is 0.300. The van der Waals surface area contributed by atoms with Crippen LogP contribution in [0.1, 0.15) is 23.2 Å². The molecule has 1 unspecified atom stereocenters. The Balaban J connectivity index is 2.00. The first kappa shape index (κ1) is 19.5. The molecule has 28 heavy (non-hydrogen) atoms. The highest BCUT2D eigenvalue weighted by Crippen LogP contribution is 2.23. The number of nitrogens with one attached hydrogen (secondary N) is 1. The van der Waals surface area contributed by atoms with E-state index < -0.39 is 6.04 Å². The second-order valence-corrected chi connectivity index (χ2v) is 6.16. The van der Waals surface area contributed by atoms with E-state index in [1.165, 1.54) is 14.2 Å². The van der Waals surface area contributed by atoms with Crippen molar-refractivity contribution in [2.75, 3.05) is 20.8 Å². The van der Waals surface area contributed by atoms with Gasteiger partial charge < -0.3 is 10.1 Å². The smallest absolute Gasteiger partial charge is 0.316 e. The number of benzene rings is 1. The summed E-state index contributed by atoms with van der Waals surface area (Å²) in [6, 6.07) is 8.28. The van der Waals surface area contributed by atoms with E-state index in [0.717, 1.165) is 5.06 Å². The maximum atomic E-state index is 13.0. The standard InChI is InChI=1S/C20H22N4O4/c1-24(27-2)19(26)17-10-4-3-7-13-28-20-21-12-11-16(23-20)14-8-5-6-9-15(14)18(25)22-17/h3-6,8-9,11-12,17H,7,10,13H2,1-2H3,(H,22,25)/b4-3-. The van der Waals surface area contributed by atoms with Gasteiger partial charge in [0.25, 0.3) is 11.8 Å². The lowest BCUT2D eigenvalue weighted by atomic mass is 10.0. The minimum atomic E-state index is -0.758. The number of amides is 2. The van der Waals surface area contributed by atoms with Gasteiger partial charge in [0.15, 0.2) is 0 Å². The first-order valence-corrected chi connectivity index (χ1v) is 8.93. The third-order valence-corrected chi connectivity index (χ3v) is 4.32. The fourth-order valence-corrected chi connectivity index (χ4v) is 2.80. The largest absolute Gasteiger partial charge is 0.463 e. The molecule has 1 aromatic carbocycles. The number of rotatable bonds is 2. The molecule has 8 nitrogen and oxygen atoms in total. The summed E-state index contributed by atoms with van der Waals surface area (Å²) in [7, 11) is 2.91. The van der Waals surface area contributed by atoms with Crippen molar-refractivity contribution in [1.82, 2.24) is 20.3 Å². The van der Waals surface area contributed by atoms with Crippen molar-refractivity contribution in [1.29, 1.82) is 0 Å². The predicted molar refractivity (Wildman–Crippen MR) is 102 cm³/mol. The SMILES string of the molecule is CON(C)C(=O)C1C/C=C\CCOc2nccc(n2)-c2ccccc2C(=O)N1. The van der Waals surface area contributed by atoms with E-state index in [1.54, 1.807) is 30.5 Å². The normalized spacial score (nSPS) is 18.1. The molecule has 0 saturated carbocycles. The molecule has 0 fully saturated rings. The summed E-state index contributed by atoms with van der Waals surface area (Å²) in [4.78, 5) is 39.0. The van der Waals surface area contributed by atoms with Crippen LogP contribution in [0.2, 0.25) is 0 Å². The van der Waals surface area contributed by atoms with Gasteiger partial charge in [-0.25, -0.2) is 10.0 Å². The Morgan fingerprint density at radius 2 is 2.04 bits per heavy atom. The second kappa shape index (κ2) is 9.09. The molecule has 146 valence electrons. The van der Waals surface area contributed by atoms with Crippen molar-refractivity contribution in [2.45, 2.75) is 18.9 Å². The maximum Gasteiger partial charge on any atom is 0.316 e. The number of hydroxylamine groups is 2. The van der Waals surface area contributed by atoms with Crippen LogP contribution in [0.3, 0.4) is 0 Å². The molecule has 0 aliphatic carbocycles. The molecule has 2 heterocycles. The summed E-state index contributed by atoms with van der Waals surface area (Å²) in [6.45, 7) is 0.407. The monoisotopic (exact) mass is 382 g/mol. The third-order valence-electron chi connectivity index (χ3n) is 4.32. The van der Waals surface area contributed by atoms with Crippen LogP contribution in [0.5, 0.6) is 6.01 Å². The number of carbonyl (C=O) groups excluding carboxylic acids is 2. The van der Waals surface area contributed by atoms with Gasteiger partial charge in [0.05, 0.1) is 19.4 Å². The molecule has 0 spiro atoms. The van der Waals surface area contributed by atoms with Gasteiger partial charge in [-0.1, -0.05) is 30.4 Å². The first-order valence-electron chi connectivity index (χ1n) is 8.93. The molecule has 1 atom stereocenters. The number of hydrogen-bond donors (Lipinski definition) is 1. The van der Waals surface area contributed by atoms with Gasteiger partial charge in [0, 0.05) is 24.4 Å². The summed E-state index contributed by atoms with van der Waals surface area (Å²) in [5.74, 6) is -0.712. The number of ether oxygens (including phenoxy) is 1. The third kappa shape index (κ3) is 4.52. The van der Waals surface area contributed by atoms with Crippen LogP contribution in [0.4, 0.5) is 0 Å². The van der Waals surface area contributed by atoms with E-state index in [-0.39, 0.29) is 17.8 Å². The Morgan fingerprint density at radius 1 is 1.25 bits per heavy atom. The average Bonchev–Trinajstić information content (AvgIpc) is 2.73. The zero-order chi connectivity index (χ0) is 19.9. The topological polar surface area (TPSA) is 93.7 Å². The Morgan fingerprint density at radius 3 is 2.82 bits per heavy atom. The van der Waals surface area contributed by atoms with Crippen LogP contribution in [0, 0.1) is 0 Å². The zero-order valence-electron chi connectivity index (χ0n) is 15.8. The van der Waals surface area contributed by atoms with Gasteiger partial charge in [0.2, 0.25) is 0 Å². The van der Waals surface area contributed by atoms with Crippen LogP contribution < -0.4 is 10.1 Å². The minimum Gasteiger partial charge on any atom is -0.463 e. The van der Waals surface area contributed by atoms with E-state index >= 15 is 0 Å². The zero-order valence-corrected chi connectivity index (χ0v) is 15.8. The molecule has 2 bridgehead atoms. The van der Waals surface area contributed by atoms with Gasteiger partial charge in [-0.2, -0.15) is 4.98 Å². The summed E-state index contributed by atoms with van der Waals surface area (Å²) >= 11 is 0. The van der Waals surface area contributed by atoms with Crippen molar-refractivity contribution in [3.05, 3.63) is 54.2 Å². The Bertz CT molecular complexity index is 884. The first-order chi connectivity index (χ1) is 13.6. The quantitative estimate of drug-likeness (QED) is 0.631. The molecule has 1 N–H and O–H groups in total. The molecule has 3 rings (SSSR count). The lowest BCUT2D eigenvalue weighted by Crippen LogP contribution is -2.46. The highest BCUT2D eigenvalue weighted by molar-refractivity contribution is 6.02. The fourth-order valence-electron chi connectivity index (χ4n) is 2.80. The maximum absolute atomic E-state index is 13.0. The van der Waals surface area contributed by atoms with Gasteiger partial charge in [-0.3, -0.25) is 14.4 Å². The van der Waals surface area contributed by atoms with E-state index in [2.05, 4.69) is 15.3 Å². The Labute approximate surface area is 163 Å². The Hall–Kier alpha value is -3.26. The van der Waals surface area contributed by atoms with Crippen molar-refractivity contribution < 1.29 is 19.2 Å². The van der Waals surface area contributed by atoms with Crippen LogP contribution in [-0.4, -0.2) is 53.7 Å². The molecule has 1 aliphatic rings. The van der Waals surface area contributed by atoms with Crippen LogP contribution >= 0.6 is 0 Å². The molecule has 1 aromatic heterocycles. The highest BCUT2D eigenvalue weighted by atomic mass is 16.7. The number of carbonyl (C=O) groups is 2. The number of likely N-dealkylation sites (N-methyl/N-ethyl adjacent to an activating group) is 1. The van der Waals surface area contributed by atoms with Crippen molar-refractivity contribution in [3.8, 4) is 17.3 Å². The molecule has 2 aromatic rings. The molecule has 0 radical (unpaired) electrons. The van der Waals surface area contributed by atoms with Crippen molar-refractivity contribution in [2.24, 2.45) is 0 Å². The lowest BCUT2D eigenvalue weighted by Gasteiger charge is -2.22.